The SMILES string of the molecule is CCCN(Cc1ccccc1)C(=O)CCNS(=O)(=O)c1ccc(C(C)=O)cc1. The Bertz CT molecular complexity index is 894. The molecule has 0 aliphatic heterocycles. The van der Waals surface area contributed by atoms with E-state index in [2.05, 4.69) is 4.72 Å². The van der Waals surface area contributed by atoms with Crippen LogP contribution in [0.2, 0.25) is 0 Å². The van der Waals surface area contributed by atoms with Crippen molar-refractivity contribution in [2.24, 2.45) is 0 Å². The first kappa shape index (κ1) is 21.8. The molecule has 6 nitrogen and oxygen atoms in total. The third-order valence-corrected chi connectivity index (χ3v) is 5.74. The molecule has 0 radical (unpaired) electrons. The van der Waals surface area contributed by atoms with Crippen LogP contribution in [0.15, 0.2) is 59.5 Å². The number of sulfonamides is 1. The minimum atomic E-state index is -3.73. The highest BCUT2D eigenvalue weighted by Gasteiger charge is 2.17. The van der Waals surface area contributed by atoms with Crippen molar-refractivity contribution in [2.75, 3.05) is 13.1 Å². The molecule has 0 atom stereocenters. The van der Waals surface area contributed by atoms with Gasteiger partial charge in [0.15, 0.2) is 5.78 Å². The summed E-state index contributed by atoms with van der Waals surface area (Å²) in [5, 5.41) is 0. The van der Waals surface area contributed by atoms with Crippen LogP contribution in [0.5, 0.6) is 0 Å². The summed E-state index contributed by atoms with van der Waals surface area (Å²) in [4.78, 5) is 25.6. The van der Waals surface area contributed by atoms with Gasteiger partial charge in [-0.15, -0.1) is 0 Å². The van der Waals surface area contributed by atoms with Gasteiger partial charge in [-0.05, 0) is 31.0 Å². The van der Waals surface area contributed by atoms with E-state index >= 15 is 0 Å². The minimum absolute atomic E-state index is 0.0185. The quantitative estimate of drug-likeness (QED) is 0.619. The van der Waals surface area contributed by atoms with Gasteiger partial charge in [-0.2, -0.15) is 0 Å². The predicted molar refractivity (Wildman–Crippen MR) is 108 cm³/mol. The van der Waals surface area contributed by atoms with Gasteiger partial charge in [0.25, 0.3) is 0 Å². The number of Topliss-reactive ketones (excluding diaryl/α,β-unsaturated/α-hetero) is 1. The normalized spacial score (nSPS) is 11.2. The average Bonchev–Trinajstić information content (AvgIpc) is 2.68. The smallest absolute Gasteiger partial charge is 0.240 e. The largest absolute Gasteiger partial charge is 0.338 e. The van der Waals surface area contributed by atoms with Crippen molar-refractivity contribution in [1.82, 2.24) is 9.62 Å². The monoisotopic (exact) mass is 402 g/mol. The second-order valence-corrected chi connectivity index (χ2v) is 8.30. The summed E-state index contributed by atoms with van der Waals surface area (Å²) in [6.45, 7) is 4.56. The lowest BCUT2D eigenvalue weighted by Gasteiger charge is -2.22. The number of hydrogen-bond donors (Lipinski definition) is 1. The fourth-order valence-electron chi connectivity index (χ4n) is 2.77. The van der Waals surface area contributed by atoms with Crippen molar-refractivity contribution in [1.29, 1.82) is 0 Å². The van der Waals surface area contributed by atoms with Crippen LogP contribution in [0, 0.1) is 0 Å². The van der Waals surface area contributed by atoms with Crippen LogP contribution >= 0.6 is 0 Å². The highest BCUT2D eigenvalue weighted by atomic mass is 32.2. The van der Waals surface area contributed by atoms with Crippen LogP contribution < -0.4 is 4.72 Å². The summed E-state index contributed by atoms with van der Waals surface area (Å²) in [6.07, 6.45) is 0.907. The second-order valence-electron chi connectivity index (χ2n) is 6.53. The van der Waals surface area contributed by atoms with Gasteiger partial charge in [0, 0.05) is 31.6 Å². The van der Waals surface area contributed by atoms with Gasteiger partial charge in [-0.25, -0.2) is 13.1 Å². The van der Waals surface area contributed by atoms with Crippen LogP contribution in [0.25, 0.3) is 0 Å². The highest BCUT2D eigenvalue weighted by Crippen LogP contribution is 2.11. The lowest BCUT2D eigenvalue weighted by atomic mass is 10.2. The van der Waals surface area contributed by atoms with Crippen molar-refractivity contribution in [2.45, 2.75) is 38.1 Å². The topological polar surface area (TPSA) is 83.6 Å². The maximum absolute atomic E-state index is 12.5. The molecule has 0 aliphatic rings. The second kappa shape index (κ2) is 10.1. The molecule has 0 aliphatic carbocycles. The molecule has 0 unspecified atom stereocenters. The van der Waals surface area contributed by atoms with Crippen molar-refractivity contribution in [3.8, 4) is 0 Å². The van der Waals surface area contributed by atoms with E-state index in [4.69, 9.17) is 0 Å². The molecule has 0 bridgehead atoms. The van der Waals surface area contributed by atoms with Crippen LogP contribution in [-0.4, -0.2) is 38.1 Å². The number of ketones is 1. The van der Waals surface area contributed by atoms with Crippen LogP contribution in [0.3, 0.4) is 0 Å². The summed E-state index contributed by atoms with van der Waals surface area (Å²) in [5.41, 5.74) is 1.49. The molecule has 0 heterocycles. The summed E-state index contributed by atoms with van der Waals surface area (Å²) in [5.74, 6) is -0.225. The molecule has 0 spiro atoms. The maximum atomic E-state index is 12.5. The van der Waals surface area contributed by atoms with E-state index in [-0.39, 0.29) is 29.6 Å². The van der Waals surface area contributed by atoms with E-state index in [1.807, 2.05) is 37.3 Å². The van der Waals surface area contributed by atoms with Crippen LogP contribution in [0.1, 0.15) is 42.6 Å². The summed E-state index contributed by atoms with van der Waals surface area (Å²) >= 11 is 0. The number of nitrogens with one attached hydrogen (secondary N) is 1. The zero-order valence-electron chi connectivity index (χ0n) is 16.2. The average molecular weight is 403 g/mol. The third kappa shape index (κ3) is 6.28. The first-order valence-electron chi connectivity index (χ1n) is 9.26. The maximum Gasteiger partial charge on any atom is 0.240 e. The van der Waals surface area contributed by atoms with Crippen molar-refractivity contribution in [3.05, 3.63) is 65.7 Å². The van der Waals surface area contributed by atoms with Crippen molar-refractivity contribution in [3.63, 3.8) is 0 Å². The van der Waals surface area contributed by atoms with Gasteiger partial charge in [-0.1, -0.05) is 49.4 Å². The molecule has 2 aromatic rings. The first-order valence-corrected chi connectivity index (χ1v) is 10.7. The number of nitrogens with zero attached hydrogens (tertiary/aromatic N) is 1. The Morgan fingerprint density at radius 1 is 1.00 bits per heavy atom. The van der Waals surface area contributed by atoms with Gasteiger partial charge in [0.1, 0.15) is 0 Å². The summed E-state index contributed by atoms with van der Waals surface area (Å²) in [7, 11) is -3.73. The Labute approximate surface area is 166 Å². The predicted octanol–water partition coefficient (Wildman–Crippen LogP) is 3.00. The molecule has 2 rings (SSSR count). The van der Waals surface area contributed by atoms with Gasteiger partial charge >= 0.3 is 0 Å². The van der Waals surface area contributed by atoms with Gasteiger partial charge < -0.3 is 4.90 Å². The fraction of sp³-hybridized carbons (Fsp3) is 0.333. The van der Waals surface area contributed by atoms with E-state index in [1.165, 1.54) is 31.2 Å². The first-order chi connectivity index (χ1) is 13.3. The number of rotatable bonds is 10. The molecular weight excluding hydrogens is 376 g/mol. The third-order valence-electron chi connectivity index (χ3n) is 4.26. The van der Waals surface area contributed by atoms with Gasteiger partial charge in [0.2, 0.25) is 15.9 Å². The number of benzene rings is 2. The molecule has 0 saturated carbocycles. The summed E-state index contributed by atoms with van der Waals surface area (Å²) in [6, 6.07) is 15.4. The number of carbonyl (C=O) groups is 2. The van der Waals surface area contributed by atoms with E-state index in [1.54, 1.807) is 4.90 Å². The molecule has 28 heavy (non-hydrogen) atoms. The molecule has 7 heteroatoms. The lowest BCUT2D eigenvalue weighted by Crippen LogP contribution is -2.34. The van der Waals surface area contributed by atoms with E-state index < -0.39 is 10.0 Å². The molecule has 1 amide bonds. The Morgan fingerprint density at radius 2 is 1.64 bits per heavy atom. The van der Waals surface area contributed by atoms with Gasteiger partial charge in [0.05, 0.1) is 4.90 Å². The molecule has 150 valence electrons. The van der Waals surface area contributed by atoms with E-state index in [0.717, 1.165) is 12.0 Å². The highest BCUT2D eigenvalue weighted by molar-refractivity contribution is 7.89. The molecule has 0 aromatic heterocycles. The molecule has 0 fully saturated rings. The van der Waals surface area contributed by atoms with E-state index in [0.29, 0.717) is 18.7 Å². The van der Waals surface area contributed by atoms with Crippen LogP contribution in [-0.2, 0) is 21.4 Å². The minimum Gasteiger partial charge on any atom is -0.338 e. The van der Waals surface area contributed by atoms with Crippen LogP contribution in [0.4, 0.5) is 0 Å². The number of amides is 1. The number of carbonyl (C=O) groups excluding carboxylic acids is 2. The molecular formula is C21H26N2O4S. The Balaban J connectivity index is 1.93. The van der Waals surface area contributed by atoms with Crippen molar-refractivity contribution >= 4 is 21.7 Å². The van der Waals surface area contributed by atoms with Gasteiger partial charge in [-0.3, -0.25) is 9.59 Å². The zero-order valence-corrected chi connectivity index (χ0v) is 17.0. The zero-order chi connectivity index (χ0) is 20.6. The molecule has 2 aromatic carbocycles. The Morgan fingerprint density at radius 3 is 2.21 bits per heavy atom. The Kier molecular flexibility index (Phi) is 7.90. The Hall–Kier alpha value is -2.51. The van der Waals surface area contributed by atoms with Crippen molar-refractivity contribution < 1.29 is 18.0 Å². The standard InChI is InChI=1S/C21H26N2O4S/c1-3-15-23(16-18-7-5-4-6-8-18)21(25)13-14-22-28(26,27)20-11-9-19(10-12-20)17(2)24/h4-12,22H,3,13-16H2,1-2H3. The lowest BCUT2D eigenvalue weighted by molar-refractivity contribution is -0.131. The van der Waals surface area contributed by atoms with E-state index in [9.17, 15) is 18.0 Å². The molecule has 1 N–H and O–H groups in total. The molecule has 0 saturated heterocycles. The summed E-state index contributed by atoms with van der Waals surface area (Å²) < 4.78 is 27.2. The number of hydrogen-bond acceptors (Lipinski definition) is 4. The fourth-order valence-corrected chi connectivity index (χ4v) is 3.80.